The lowest BCUT2D eigenvalue weighted by atomic mass is 10.3. The number of fused-ring (bicyclic) bond motifs is 1. The van der Waals surface area contributed by atoms with Gasteiger partial charge in [0.05, 0.1) is 10.2 Å². The SMILES string of the molecule is Cn1ncnc1Sc1nc2ccc(N)cc2s1. The number of nitrogen functional groups attached to an aromatic ring is 1. The molecule has 0 saturated heterocycles. The molecular formula is C10H9N5S2. The smallest absolute Gasteiger partial charge is 0.192 e. The number of aromatic nitrogens is 4. The lowest BCUT2D eigenvalue weighted by molar-refractivity contribution is 0.685. The number of benzene rings is 1. The van der Waals surface area contributed by atoms with Gasteiger partial charge < -0.3 is 5.73 Å². The van der Waals surface area contributed by atoms with Crippen LogP contribution in [0.2, 0.25) is 0 Å². The van der Waals surface area contributed by atoms with Gasteiger partial charge in [0, 0.05) is 12.7 Å². The molecule has 5 nitrogen and oxygen atoms in total. The summed E-state index contributed by atoms with van der Waals surface area (Å²) < 4.78 is 3.77. The highest BCUT2D eigenvalue weighted by atomic mass is 32.2. The first-order chi connectivity index (χ1) is 8.22. The van der Waals surface area contributed by atoms with Gasteiger partial charge in [0.15, 0.2) is 9.50 Å². The first-order valence-electron chi connectivity index (χ1n) is 4.90. The lowest BCUT2D eigenvalue weighted by Gasteiger charge is -1.94. The second-order valence-corrected chi connectivity index (χ2v) is 5.72. The Morgan fingerprint density at radius 2 is 2.29 bits per heavy atom. The van der Waals surface area contributed by atoms with Crippen LogP contribution < -0.4 is 5.73 Å². The highest BCUT2D eigenvalue weighted by Gasteiger charge is 2.09. The molecule has 3 aromatic rings. The molecule has 0 unspecified atom stereocenters. The van der Waals surface area contributed by atoms with Crippen LogP contribution >= 0.6 is 23.1 Å². The van der Waals surface area contributed by atoms with Crippen molar-refractivity contribution in [1.29, 1.82) is 0 Å². The van der Waals surface area contributed by atoms with Crippen molar-refractivity contribution >= 4 is 39.0 Å². The standard InChI is InChI=1S/C10H9N5S2/c1-15-9(12-5-13-15)17-10-14-7-3-2-6(11)4-8(7)16-10/h2-5H,11H2,1H3. The van der Waals surface area contributed by atoms with Crippen LogP contribution in [-0.4, -0.2) is 19.7 Å². The van der Waals surface area contributed by atoms with Gasteiger partial charge in [-0.1, -0.05) is 0 Å². The van der Waals surface area contributed by atoms with E-state index in [9.17, 15) is 0 Å². The molecule has 0 bridgehead atoms. The summed E-state index contributed by atoms with van der Waals surface area (Å²) in [5.74, 6) is 0. The van der Waals surface area contributed by atoms with Crippen LogP contribution in [0.15, 0.2) is 34.0 Å². The number of nitrogens with two attached hydrogens (primary N) is 1. The molecule has 0 aliphatic heterocycles. The average molecular weight is 263 g/mol. The van der Waals surface area contributed by atoms with Crippen LogP contribution in [0.3, 0.4) is 0 Å². The fourth-order valence-electron chi connectivity index (χ4n) is 1.42. The van der Waals surface area contributed by atoms with E-state index in [0.29, 0.717) is 0 Å². The summed E-state index contributed by atoms with van der Waals surface area (Å²) >= 11 is 3.12. The number of rotatable bonds is 2. The number of aryl methyl sites for hydroxylation is 1. The van der Waals surface area contributed by atoms with Crippen molar-refractivity contribution in [2.75, 3.05) is 5.73 Å². The van der Waals surface area contributed by atoms with Crippen LogP contribution in [-0.2, 0) is 7.05 Å². The molecule has 17 heavy (non-hydrogen) atoms. The van der Waals surface area contributed by atoms with Gasteiger partial charge in [-0.05, 0) is 30.0 Å². The van der Waals surface area contributed by atoms with E-state index in [1.54, 1.807) is 16.0 Å². The summed E-state index contributed by atoms with van der Waals surface area (Å²) in [4.78, 5) is 8.67. The minimum absolute atomic E-state index is 0.761. The van der Waals surface area contributed by atoms with E-state index < -0.39 is 0 Å². The number of hydrogen-bond acceptors (Lipinski definition) is 6. The zero-order valence-corrected chi connectivity index (χ0v) is 10.6. The third-order valence-corrected chi connectivity index (χ3v) is 4.37. The molecule has 2 aromatic heterocycles. The van der Waals surface area contributed by atoms with E-state index in [2.05, 4.69) is 15.1 Å². The van der Waals surface area contributed by atoms with Crippen molar-refractivity contribution in [3.63, 3.8) is 0 Å². The van der Waals surface area contributed by atoms with Gasteiger partial charge in [0.2, 0.25) is 0 Å². The molecule has 0 fully saturated rings. The lowest BCUT2D eigenvalue weighted by Crippen LogP contribution is -1.91. The van der Waals surface area contributed by atoms with Crippen LogP contribution in [0, 0.1) is 0 Å². The Morgan fingerprint density at radius 1 is 1.41 bits per heavy atom. The maximum Gasteiger partial charge on any atom is 0.192 e. The fourth-order valence-corrected chi connectivity index (χ4v) is 3.40. The third-order valence-electron chi connectivity index (χ3n) is 2.24. The molecule has 2 N–H and O–H groups in total. The van der Waals surface area contributed by atoms with Crippen molar-refractivity contribution in [1.82, 2.24) is 19.7 Å². The maximum absolute atomic E-state index is 5.74. The largest absolute Gasteiger partial charge is 0.399 e. The Morgan fingerprint density at radius 3 is 3.06 bits per heavy atom. The van der Waals surface area contributed by atoms with Gasteiger partial charge in [-0.15, -0.1) is 11.3 Å². The maximum atomic E-state index is 5.74. The molecule has 0 saturated carbocycles. The van der Waals surface area contributed by atoms with Crippen LogP contribution in [0.4, 0.5) is 5.69 Å². The summed E-state index contributed by atoms with van der Waals surface area (Å²) in [7, 11) is 1.86. The van der Waals surface area contributed by atoms with Crippen molar-refractivity contribution in [2.45, 2.75) is 9.50 Å². The zero-order chi connectivity index (χ0) is 11.8. The topological polar surface area (TPSA) is 69.6 Å². The Bertz CT molecular complexity index is 672. The molecule has 0 radical (unpaired) electrons. The summed E-state index contributed by atoms with van der Waals surface area (Å²) in [6, 6.07) is 5.73. The van der Waals surface area contributed by atoms with Gasteiger partial charge in [-0.3, -0.25) is 0 Å². The molecule has 0 atom stereocenters. The van der Waals surface area contributed by atoms with Gasteiger partial charge in [-0.25, -0.2) is 14.6 Å². The van der Waals surface area contributed by atoms with Gasteiger partial charge in [-0.2, -0.15) is 5.10 Å². The average Bonchev–Trinajstić information content (AvgIpc) is 2.85. The predicted molar refractivity (Wildman–Crippen MR) is 69.2 cm³/mol. The molecular weight excluding hydrogens is 254 g/mol. The van der Waals surface area contributed by atoms with E-state index in [1.165, 1.54) is 18.1 Å². The number of hydrogen-bond donors (Lipinski definition) is 1. The van der Waals surface area contributed by atoms with E-state index in [-0.39, 0.29) is 0 Å². The fraction of sp³-hybridized carbons (Fsp3) is 0.100. The normalized spacial score (nSPS) is 11.1. The summed E-state index contributed by atoms with van der Waals surface area (Å²) in [6.07, 6.45) is 1.54. The molecule has 0 aliphatic rings. The number of nitrogens with zero attached hydrogens (tertiary/aromatic N) is 4. The molecule has 3 rings (SSSR count). The monoisotopic (exact) mass is 263 g/mol. The molecule has 2 heterocycles. The predicted octanol–water partition coefficient (Wildman–Crippen LogP) is 2.16. The quantitative estimate of drug-likeness (QED) is 0.717. The summed E-state index contributed by atoms with van der Waals surface area (Å²) in [6.45, 7) is 0. The van der Waals surface area contributed by atoms with Gasteiger partial charge in [0.25, 0.3) is 0 Å². The first-order valence-corrected chi connectivity index (χ1v) is 6.53. The summed E-state index contributed by atoms with van der Waals surface area (Å²) in [5.41, 5.74) is 7.47. The minimum Gasteiger partial charge on any atom is -0.399 e. The van der Waals surface area contributed by atoms with Crippen molar-refractivity contribution in [3.8, 4) is 0 Å². The Hall–Kier alpha value is -1.60. The number of anilines is 1. The van der Waals surface area contributed by atoms with E-state index in [1.807, 2.05) is 25.2 Å². The Labute approximate surface area is 106 Å². The van der Waals surface area contributed by atoms with Crippen LogP contribution in [0.25, 0.3) is 10.2 Å². The van der Waals surface area contributed by atoms with E-state index >= 15 is 0 Å². The van der Waals surface area contributed by atoms with Crippen molar-refractivity contribution in [3.05, 3.63) is 24.5 Å². The highest BCUT2D eigenvalue weighted by molar-refractivity contribution is 8.01. The van der Waals surface area contributed by atoms with Crippen molar-refractivity contribution in [2.24, 2.45) is 7.05 Å². The molecule has 0 aliphatic carbocycles. The van der Waals surface area contributed by atoms with Crippen molar-refractivity contribution < 1.29 is 0 Å². The Kier molecular flexibility index (Phi) is 2.49. The third kappa shape index (κ3) is 1.98. The minimum atomic E-state index is 0.761. The second-order valence-electron chi connectivity index (χ2n) is 3.48. The van der Waals surface area contributed by atoms with E-state index in [4.69, 9.17) is 5.73 Å². The molecule has 0 spiro atoms. The zero-order valence-electron chi connectivity index (χ0n) is 8.99. The second kappa shape index (κ2) is 4.01. The van der Waals surface area contributed by atoms with Gasteiger partial charge >= 0.3 is 0 Å². The van der Waals surface area contributed by atoms with Gasteiger partial charge in [0.1, 0.15) is 6.33 Å². The van der Waals surface area contributed by atoms with Crippen LogP contribution in [0.5, 0.6) is 0 Å². The molecule has 86 valence electrons. The van der Waals surface area contributed by atoms with Crippen LogP contribution in [0.1, 0.15) is 0 Å². The summed E-state index contributed by atoms with van der Waals surface area (Å²) in [5, 5.41) is 4.85. The molecule has 1 aromatic carbocycles. The number of thiazole rings is 1. The van der Waals surface area contributed by atoms with E-state index in [0.717, 1.165) is 25.4 Å². The molecule has 0 amide bonds. The Balaban J connectivity index is 1.99. The first kappa shape index (κ1) is 10.5. The highest BCUT2D eigenvalue weighted by Crippen LogP contribution is 2.33. The molecule has 7 heteroatoms.